The minimum atomic E-state index is -0.624. The van der Waals surface area contributed by atoms with E-state index in [2.05, 4.69) is 29.2 Å². The largest absolute Gasteiger partial charge is 0.481 e. The summed E-state index contributed by atoms with van der Waals surface area (Å²) in [5.74, 6) is -0.751. The van der Waals surface area contributed by atoms with E-state index in [-0.39, 0.29) is 5.92 Å². The lowest BCUT2D eigenvalue weighted by Crippen LogP contribution is -2.38. The van der Waals surface area contributed by atoms with Crippen molar-refractivity contribution in [1.82, 2.24) is 4.90 Å². The van der Waals surface area contributed by atoms with Gasteiger partial charge in [-0.25, -0.2) is 0 Å². The molecule has 3 heteroatoms. The van der Waals surface area contributed by atoms with Gasteiger partial charge in [-0.2, -0.15) is 0 Å². The number of likely N-dealkylation sites (tertiary alicyclic amines) is 1. The summed E-state index contributed by atoms with van der Waals surface area (Å²) in [6.45, 7) is 1.85. The fourth-order valence-electron chi connectivity index (χ4n) is 3.37. The second kappa shape index (κ2) is 4.73. The van der Waals surface area contributed by atoms with Gasteiger partial charge >= 0.3 is 5.97 Å². The molecule has 3 rings (SSSR count). The smallest absolute Gasteiger partial charge is 0.306 e. The second-order valence-corrected chi connectivity index (χ2v) is 5.40. The van der Waals surface area contributed by atoms with E-state index in [9.17, 15) is 4.79 Å². The molecule has 1 aromatic carbocycles. The lowest BCUT2D eigenvalue weighted by molar-refractivity contribution is -0.143. The highest BCUT2D eigenvalue weighted by Gasteiger charge is 2.32. The van der Waals surface area contributed by atoms with Crippen molar-refractivity contribution in [3.05, 3.63) is 35.4 Å². The molecule has 1 aliphatic carbocycles. The maximum absolute atomic E-state index is 11.0. The number of carbonyl (C=O) groups is 1. The minimum absolute atomic E-state index is 0.127. The van der Waals surface area contributed by atoms with Crippen molar-refractivity contribution < 1.29 is 9.90 Å². The van der Waals surface area contributed by atoms with Gasteiger partial charge in [-0.3, -0.25) is 9.69 Å². The van der Waals surface area contributed by atoms with Crippen molar-refractivity contribution >= 4 is 5.97 Å². The molecule has 1 saturated heterocycles. The van der Waals surface area contributed by atoms with Crippen LogP contribution in [0.3, 0.4) is 0 Å². The van der Waals surface area contributed by atoms with Crippen LogP contribution in [0.1, 0.15) is 36.4 Å². The first-order valence-corrected chi connectivity index (χ1v) is 6.80. The van der Waals surface area contributed by atoms with Crippen molar-refractivity contribution in [2.45, 2.75) is 31.7 Å². The van der Waals surface area contributed by atoms with E-state index in [1.807, 2.05) is 0 Å². The van der Waals surface area contributed by atoms with E-state index in [1.165, 1.54) is 24.0 Å². The predicted molar refractivity (Wildman–Crippen MR) is 69.4 cm³/mol. The van der Waals surface area contributed by atoms with Gasteiger partial charge in [-0.1, -0.05) is 24.3 Å². The monoisotopic (exact) mass is 245 g/mol. The third kappa shape index (κ3) is 2.03. The summed E-state index contributed by atoms with van der Waals surface area (Å²) in [6, 6.07) is 9.20. The van der Waals surface area contributed by atoms with Crippen molar-refractivity contribution in [3.63, 3.8) is 0 Å². The molecule has 0 aromatic heterocycles. The van der Waals surface area contributed by atoms with E-state index in [0.717, 1.165) is 25.9 Å². The molecule has 1 N–H and O–H groups in total. The van der Waals surface area contributed by atoms with Crippen molar-refractivity contribution in [3.8, 4) is 0 Å². The standard InChI is InChI=1S/C15H19NO2/c17-15(18)12-7-9-16(10-8-12)14-6-5-11-3-1-2-4-13(11)14/h1-4,12,14H,5-10H2,(H,17,18). The van der Waals surface area contributed by atoms with Gasteiger partial charge in [0, 0.05) is 6.04 Å². The molecule has 1 unspecified atom stereocenters. The normalized spacial score (nSPS) is 25.0. The molecule has 0 spiro atoms. The molecule has 2 aliphatic rings. The molecule has 18 heavy (non-hydrogen) atoms. The number of carboxylic acids is 1. The topological polar surface area (TPSA) is 40.5 Å². The maximum Gasteiger partial charge on any atom is 0.306 e. The lowest BCUT2D eigenvalue weighted by Gasteiger charge is -2.35. The molecule has 1 atom stereocenters. The van der Waals surface area contributed by atoms with Crippen LogP contribution in [-0.2, 0) is 11.2 Å². The molecule has 1 fully saturated rings. The van der Waals surface area contributed by atoms with Gasteiger partial charge in [-0.05, 0) is 49.9 Å². The number of carboxylic acid groups (broad SMARTS) is 1. The van der Waals surface area contributed by atoms with Gasteiger partial charge in [0.25, 0.3) is 0 Å². The Balaban J connectivity index is 1.70. The third-order valence-electron chi connectivity index (χ3n) is 4.42. The molecule has 3 nitrogen and oxygen atoms in total. The number of aryl methyl sites for hydroxylation is 1. The number of hydrogen-bond donors (Lipinski definition) is 1. The fourth-order valence-corrected chi connectivity index (χ4v) is 3.37. The number of aliphatic carboxylic acids is 1. The van der Waals surface area contributed by atoms with Crippen LogP contribution in [0.5, 0.6) is 0 Å². The van der Waals surface area contributed by atoms with E-state index >= 15 is 0 Å². The van der Waals surface area contributed by atoms with Crippen molar-refractivity contribution in [2.75, 3.05) is 13.1 Å². The molecule has 0 saturated carbocycles. The average Bonchev–Trinajstić information content (AvgIpc) is 2.82. The van der Waals surface area contributed by atoms with Gasteiger partial charge in [0.2, 0.25) is 0 Å². The van der Waals surface area contributed by atoms with E-state index in [1.54, 1.807) is 0 Å². The Hall–Kier alpha value is -1.35. The number of rotatable bonds is 2. The Morgan fingerprint density at radius 1 is 1.17 bits per heavy atom. The zero-order chi connectivity index (χ0) is 12.5. The average molecular weight is 245 g/mol. The Morgan fingerprint density at radius 2 is 1.89 bits per heavy atom. The Kier molecular flexibility index (Phi) is 3.08. The van der Waals surface area contributed by atoms with Crippen LogP contribution < -0.4 is 0 Å². The van der Waals surface area contributed by atoms with Gasteiger partial charge in [-0.15, -0.1) is 0 Å². The summed E-state index contributed by atoms with van der Waals surface area (Å²) < 4.78 is 0. The number of nitrogens with zero attached hydrogens (tertiary/aromatic N) is 1. The predicted octanol–water partition coefficient (Wildman–Crippen LogP) is 2.47. The Morgan fingerprint density at radius 3 is 2.61 bits per heavy atom. The summed E-state index contributed by atoms with van der Waals surface area (Å²) in [6.07, 6.45) is 3.96. The number of benzene rings is 1. The SMILES string of the molecule is O=C(O)C1CCN(C2CCc3ccccc32)CC1. The zero-order valence-electron chi connectivity index (χ0n) is 10.5. The van der Waals surface area contributed by atoms with Crippen LogP contribution in [-0.4, -0.2) is 29.1 Å². The summed E-state index contributed by atoms with van der Waals surface area (Å²) in [5, 5.41) is 9.03. The van der Waals surface area contributed by atoms with Crippen LogP contribution in [0.2, 0.25) is 0 Å². The van der Waals surface area contributed by atoms with Gasteiger partial charge in [0.1, 0.15) is 0 Å². The van der Waals surface area contributed by atoms with E-state index in [4.69, 9.17) is 5.11 Å². The molecule has 1 heterocycles. The number of hydrogen-bond acceptors (Lipinski definition) is 2. The first-order chi connectivity index (χ1) is 8.75. The second-order valence-electron chi connectivity index (χ2n) is 5.40. The van der Waals surface area contributed by atoms with Crippen molar-refractivity contribution in [1.29, 1.82) is 0 Å². The molecule has 1 aromatic rings. The van der Waals surface area contributed by atoms with E-state index in [0.29, 0.717) is 6.04 Å². The zero-order valence-corrected chi connectivity index (χ0v) is 10.5. The minimum Gasteiger partial charge on any atom is -0.481 e. The first kappa shape index (κ1) is 11.7. The summed E-state index contributed by atoms with van der Waals surface area (Å²) >= 11 is 0. The van der Waals surface area contributed by atoms with E-state index < -0.39 is 5.97 Å². The first-order valence-electron chi connectivity index (χ1n) is 6.80. The molecule has 96 valence electrons. The highest BCUT2D eigenvalue weighted by molar-refractivity contribution is 5.70. The summed E-state index contributed by atoms with van der Waals surface area (Å²) in [4.78, 5) is 13.4. The number of piperidine rings is 1. The lowest BCUT2D eigenvalue weighted by atomic mass is 9.95. The van der Waals surface area contributed by atoms with Gasteiger partial charge in [0.15, 0.2) is 0 Å². The quantitative estimate of drug-likeness (QED) is 0.870. The van der Waals surface area contributed by atoms with Crippen LogP contribution in [0.15, 0.2) is 24.3 Å². The Labute approximate surface area is 107 Å². The van der Waals surface area contributed by atoms with Crippen LogP contribution >= 0.6 is 0 Å². The molecular weight excluding hydrogens is 226 g/mol. The third-order valence-corrected chi connectivity index (χ3v) is 4.42. The highest BCUT2D eigenvalue weighted by Crippen LogP contribution is 2.37. The van der Waals surface area contributed by atoms with Crippen molar-refractivity contribution in [2.24, 2.45) is 5.92 Å². The molecular formula is C15H19NO2. The molecule has 0 radical (unpaired) electrons. The molecule has 1 aliphatic heterocycles. The van der Waals surface area contributed by atoms with Gasteiger partial charge in [0.05, 0.1) is 5.92 Å². The maximum atomic E-state index is 11.0. The van der Waals surface area contributed by atoms with Crippen LogP contribution in [0, 0.1) is 5.92 Å². The summed E-state index contributed by atoms with van der Waals surface area (Å²) in [5.41, 5.74) is 2.94. The highest BCUT2D eigenvalue weighted by atomic mass is 16.4. The summed E-state index contributed by atoms with van der Waals surface area (Å²) in [7, 11) is 0. The molecule has 0 amide bonds. The number of fused-ring (bicyclic) bond motifs is 1. The van der Waals surface area contributed by atoms with Crippen LogP contribution in [0.25, 0.3) is 0 Å². The molecule has 0 bridgehead atoms. The van der Waals surface area contributed by atoms with Gasteiger partial charge < -0.3 is 5.11 Å². The van der Waals surface area contributed by atoms with Crippen LogP contribution in [0.4, 0.5) is 0 Å². The fraction of sp³-hybridized carbons (Fsp3) is 0.533. The Bertz CT molecular complexity index is 450.